The van der Waals surface area contributed by atoms with Crippen LogP contribution in [0.15, 0.2) is 24.5 Å². The largest absolute Gasteiger partial charge is 0.508 e. The molecule has 98 valence electrons. The third-order valence-corrected chi connectivity index (χ3v) is 3.02. The first-order valence-corrected chi connectivity index (χ1v) is 6.01. The van der Waals surface area contributed by atoms with Crippen LogP contribution in [0.3, 0.4) is 0 Å². The van der Waals surface area contributed by atoms with E-state index in [0.29, 0.717) is 11.1 Å². The Balaban J connectivity index is 2.31. The Morgan fingerprint density at radius 1 is 1.26 bits per heavy atom. The van der Waals surface area contributed by atoms with Gasteiger partial charge in [0.15, 0.2) is 10.3 Å². The van der Waals surface area contributed by atoms with Gasteiger partial charge in [-0.25, -0.2) is 9.97 Å². The number of nitrogens with one attached hydrogen (secondary N) is 1. The molecule has 0 saturated heterocycles. The van der Waals surface area contributed by atoms with E-state index in [9.17, 15) is 9.90 Å². The second-order valence-corrected chi connectivity index (χ2v) is 4.50. The molecule has 7 heteroatoms. The number of hydrogen-bond acceptors (Lipinski definition) is 4. The fourth-order valence-corrected chi connectivity index (χ4v) is 1.94. The zero-order valence-electron chi connectivity index (χ0n) is 9.82. The number of hydrogen-bond donors (Lipinski definition) is 2. The molecule has 0 aliphatic rings. The quantitative estimate of drug-likeness (QED) is 0.836. The van der Waals surface area contributed by atoms with Gasteiger partial charge in [-0.05, 0) is 30.7 Å². The number of aryl methyl sites for hydroxylation is 1. The number of phenols is 1. The lowest BCUT2D eigenvalue weighted by Crippen LogP contribution is -2.14. The van der Waals surface area contributed by atoms with Crippen molar-refractivity contribution in [2.24, 2.45) is 0 Å². The number of carbonyl (C=O) groups excluding carboxylic acids is 1. The Bertz CT molecular complexity index is 627. The van der Waals surface area contributed by atoms with Crippen LogP contribution < -0.4 is 5.32 Å². The van der Waals surface area contributed by atoms with Crippen molar-refractivity contribution in [3.05, 3.63) is 46.0 Å². The first-order chi connectivity index (χ1) is 8.99. The molecule has 2 N–H and O–H groups in total. The van der Waals surface area contributed by atoms with Crippen LogP contribution >= 0.6 is 23.2 Å². The second-order valence-electron chi connectivity index (χ2n) is 3.78. The van der Waals surface area contributed by atoms with Crippen LogP contribution in [0, 0.1) is 6.92 Å². The summed E-state index contributed by atoms with van der Waals surface area (Å²) in [6, 6.07) is 4.41. The molecule has 1 aromatic carbocycles. The van der Waals surface area contributed by atoms with Gasteiger partial charge in [0.05, 0.1) is 0 Å². The average molecular weight is 298 g/mol. The van der Waals surface area contributed by atoms with E-state index in [1.54, 1.807) is 6.92 Å². The van der Waals surface area contributed by atoms with E-state index in [1.807, 2.05) is 0 Å². The molecule has 0 aliphatic carbocycles. The maximum absolute atomic E-state index is 12.1. The van der Waals surface area contributed by atoms with Crippen molar-refractivity contribution >= 4 is 34.8 Å². The van der Waals surface area contributed by atoms with Gasteiger partial charge < -0.3 is 10.4 Å². The molecule has 1 heterocycles. The van der Waals surface area contributed by atoms with Crippen LogP contribution in [0.5, 0.6) is 5.75 Å². The Morgan fingerprint density at radius 3 is 2.47 bits per heavy atom. The van der Waals surface area contributed by atoms with E-state index < -0.39 is 5.91 Å². The minimum Gasteiger partial charge on any atom is -0.508 e. The molecule has 5 nitrogen and oxygen atoms in total. The Hall–Kier alpha value is -1.85. The van der Waals surface area contributed by atoms with Crippen molar-refractivity contribution in [1.29, 1.82) is 0 Å². The van der Waals surface area contributed by atoms with Crippen molar-refractivity contribution in [2.75, 3.05) is 5.32 Å². The van der Waals surface area contributed by atoms with Crippen LogP contribution in [0.2, 0.25) is 10.3 Å². The van der Waals surface area contributed by atoms with Crippen molar-refractivity contribution < 1.29 is 9.90 Å². The summed E-state index contributed by atoms with van der Waals surface area (Å²) in [4.78, 5) is 19.6. The van der Waals surface area contributed by atoms with Gasteiger partial charge in [0.25, 0.3) is 5.91 Å². The lowest BCUT2D eigenvalue weighted by Gasteiger charge is -2.09. The van der Waals surface area contributed by atoms with Gasteiger partial charge in [-0.1, -0.05) is 23.2 Å². The molecule has 0 unspecified atom stereocenters. The number of carbonyl (C=O) groups is 1. The summed E-state index contributed by atoms with van der Waals surface area (Å²) >= 11 is 11.7. The van der Waals surface area contributed by atoms with E-state index in [4.69, 9.17) is 23.2 Å². The number of aromatic hydroxyl groups is 1. The highest BCUT2D eigenvalue weighted by Gasteiger charge is 2.15. The highest BCUT2D eigenvalue weighted by atomic mass is 35.5. The molecule has 0 fully saturated rings. The fourth-order valence-electron chi connectivity index (χ4n) is 1.53. The zero-order chi connectivity index (χ0) is 14.0. The third kappa shape index (κ3) is 2.94. The Kier molecular flexibility index (Phi) is 3.87. The van der Waals surface area contributed by atoms with Gasteiger partial charge in [0.1, 0.15) is 17.8 Å². The second kappa shape index (κ2) is 5.42. The fraction of sp³-hybridized carbons (Fsp3) is 0.0833. The molecule has 1 amide bonds. The minimum absolute atomic E-state index is 0.0600. The predicted octanol–water partition coefficient (Wildman–Crippen LogP) is 3.05. The molecule has 0 atom stereocenters. The number of benzene rings is 1. The van der Waals surface area contributed by atoms with Crippen molar-refractivity contribution in [3.8, 4) is 5.75 Å². The molecule has 2 aromatic rings. The number of anilines is 1. The lowest BCUT2D eigenvalue weighted by molar-refractivity contribution is 0.102. The van der Waals surface area contributed by atoms with Crippen molar-refractivity contribution in [3.63, 3.8) is 0 Å². The number of phenolic OH excluding ortho intramolecular Hbond substituents is 1. The number of halogens is 2. The van der Waals surface area contributed by atoms with Crippen molar-refractivity contribution in [1.82, 2.24) is 9.97 Å². The molecule has 19 heavy (non-hydrogen) atoms. The zero-order valence-corrected chi connectivity index (χ0v) is 11.3. The summed E-state index contributed by atoms with van der Waals surface area (Å²) < 4.78 is 0. The normalized spacial score (nSPS) is 10.3. The van der Waals surface area contributed by atoms with Crippen LogP contribution in [-0.4, -0.2) is 21.0 Å². The first-order valence-electron chi connectivity index (χ1n) is 5.26. The highest BCUT2D eigenvalue weighted by Crippen LogP contribution is 2.26. The predicted molar refractivity (Wildman–Crippen MR) is 72.8 cm³/mol. The number of rotatable bonds is 2. The van der Waals surface area contributed by atoms with Crippen LogP contribution in [0.4, 0.5) is 5.69 Å². The molecular formula is C12H9Cl2N3O2. The number of nitrogens with zero attached hydrogens (tertiary/aromatic N) is 2. The molecule has 0 bridgehead atoms. The Labute approximate surface area is 119 Å². The SMILES string of the molecule is Cc1cc(O)ccc1C(=O)Nc1c(Cl)ncnc1Cl. The standard InChI is InChI=1S/C12H9Cl2N3O2/c1-6-4-7(18)2-3-8(6)12(19)17-9-10(13)15-5-16-11(9)14/h2-5,18H,1H3,(H,17,19). The summed E-state index contributed by atoms with van der Waals surface area (Å²) in [6.45, 7) is 1.71. The highest BCUT2D eigenvalue weighted by molar-refractivity contribution is 6.38. The van der Waals surface area contributed by atoms with E-state index >= 15 is 0 Å². The molecule has 0 spiro atoms. The number of amides is 1. The van der Waals surface area contributed by atoms with Gasteiger partial charge >= 0.3 is 0 Å². The monoisotopic (exact) mass is 297 g/mol. The summed E-state index contributed by atoms with van der Waals surface area (Å²) in [5, 5.41) is 12.0. The Morgan fingerprint density at radius 2 is 1.89 bits per heavy atom. The van der Waals surface area contributed by atoms with Gasteiger partial charge in [-0.2, -0.15) is 0 Å². The van der Waals surface area contributed by atoms with Crippen LogP contribution in [0.25, 0.3) is 0 Å². The lowest BCUT2D eigenvalue weighted by atomic mass is 10.1. The summed E-state index contributed by atoms with van der Waals surface area (Å²) in [7, 11) is 0. The third-order valence-electron chi connectivity index (χ3n) is 2.45. The van der Waals surface area contributed by atoms with E-state index in [2.05, 4.69) is 15.3 Å². The molecule has 0 radical (unpaired) electrons. The van der Waals surface area contributed by atoms with Crippen LogP contribution in [-0.2, 0) is 0 Å². The molecule has 0 aliphatic heterocycles. The van der Waals surface area contributed by atoms with Gasteiger partial charge in [0, 0.05) is 5.56 Å². The maximum atomic E-state index is 12.1. The van der Waals surface area contributed by atoms with Crippen LogP contribution in [0.1, 0.15) is 15.9 Å². The summed E-state index contributed by atoms with van der Waals surface area (Å²) in [6.07, 6.45) is 1.20. The number of aromatic nitrogens is 2. The minimum atomic E-state index is -0.406. The molecule has 2 rings (SSSR count). The summed E-state index contributed by atoms with van der Waals surface area (Å²) in [5.41, 5.74) is 1.18. The smallest absolute Gasteiger partial charge is 0.256 e. The van der Waals surface area contributed by atoms with E-state index in [-0.39, 0.29) is 21.7 Å². The van der Waals surface area contributed by atoms with Gasteiger partial charge in [-0.15, -0.1) is 0 Å². The molecular weight excluding hydrogens is 289 g/mol. The van der Waals surface area contributed by atoms with Gasteiger partial charge in [0.2, 0.25) is 0 Å². The van der Waals surface area contributed by atoms with Gasteiger partial charge in [-0.3, -0.25) is 4.79 Å². The van der Waals surface area contributed by atoms with Crippen molar-refractivity contribution in [2.45, 2.75) is 6.92 Å². The van der Waals surface area contributed by atoms with E-state index in [1.165, 1.54) is 24.5 Å². The average Bonchev–Trinajstić information content (AvgIpc) is 2.33. The molecule has 1 aromatic heterocycles. The van der Waals surface area contributed by atoms with E-state index in [0.717, 1.165) is 0 Å². The molecule has 0 saturated carbocycles. The first kappa shape index (κ1) is 13.6. The summed E-state index contributed by atoms with van der Waals surface area (Å²) in [5.74, 6) is -0.316. The maximum Gasteiger partial charge on any atom is 0.256 e. The topological polar surface area (TPSA) is 75.1 Å².